The predicted octanol–water partition coefficient (Wildman–Crippen LogP) is 5.28. The molecular weight excluding hydrogens is 292 g/mol. The molecular formula is C19H15ClN2. The first-order valence-corrected chi connectivity index (χ1v) is 7.41. The first-order chi connectivity index (χ1) is 10.7. The van der Waals surface area contributed by atoms with Crippen LogP contribution >= 0.6 is 11.6 Å². The van der Waals surface area contributed by atoms with Crippen LogP contribution in [0.15, 0.2) is 60.9 Å². The minimum Gasteiger partial charge on any atom is -0.254 e. The molecule has 0 saturated carbocycles. The van der Waals surface area contributed by atoms with Gasteiger partial charge in [0, 0.05) is 17.4 Å². The second kappa shape index (κ2) is 6.54. The highest BCUT2D eigenvalue weighted by Crippen LogP contribution is 2.16. The summed E-state index contributed by atoms with van der Waals surface area (Å²) < 4.78 is 0. The summed E-state index contributed by atoms with van der Waals surface area (Å²) in [5, 5.41) is 0.744. The SMILES string of the molecule is Cc1ccc(-c2ccc(/C=C/c3ccc(Cl)cc3)cn2)nc1. The first kappa shape index (κ1) is 14.5. The zero-order valence-corrected chi connectivity index (χ0v) is 13.0. The maximum atomic E-state index is 5.87. The summed E-state index contributed by atoms with van der Waals surface area (Å²) in [6.07, 6.45) is 7.77. The van der Waals surface area contributed by atoms with E-state index in [0.717, 1.165) is 33.1 Å². The highest BCUT2D eigenvalue weighted by Gasteiger charge is 1.99. The number of benzene rings is 1. The van der Waals surface area contributed by atoms with E-state index in [0.29, 0.717) is 0 Å². The lowest BCUT2D eigenvalue weighted by Crippen LogP contribution is -1.87. The minimum atomic E-state index is 0.744. The van der Waals surface area contributed by atoms with Crippen molar-refractivity contribution in [1.29, 1.82) is 0 Å². The Hall–Kier alpha value is -2.45. The predicted molar refractivity (Wildman–Crippen MR) is 92.6 cm³/mol. The molecule has 3 aromatic rings. The van der Waals surface area contributed by atoms with E-state index in [4.69, 9.17) is 11.6 Å². The molecule has 3 rings (SSSR count). The molecule has 1 aromatic carbocycles. The number of aryl methyl sites for hydroxylation is 1. The van der Waals surface area contributed by atoms with Crippen LogP contribution in [0.5, 0.6) is 0 Å². The Morgan fingerprint density at radius 1 is 0.727 bits per heavy atom. The Morgan fingerprint density at radius 2 is 1.32 bits per heavy atom. The Labute approximate surface area is 135 Å². The first-order valence-electron chi connectivity index (χ1n) is 7.03. The van der Waals surface area contributed by atoms with Gasteiger partial charge in [0.1, 0.15) is 0 Å². The van der Waals surface area contributed by atoms with Crippen LogP contribution in [-0.2, 0) is 0 Å². The summed E-state index contributed by atoms with van der Waals surface area (Å²) in [6.45, 7) is 2.02. The zero-order valence-electron chi connectivity index (χ0n) is 12.2. The molecule has 3 heteroatoms. The maximum absolute atomic E-state index is 5.87. The lowest BCUT2D eigenvalue weighted by atomic mass is 10.1. The minimum absolute atomic E-state index is 0.744. The molecule has 0 aliphatic carbocycles. The van der Waals surface area contributed by atoms with Crippen molar-refractivity contribution in [3.8, 4) is 11.4 Å². The van der Waals surface area contributed by atoms with Gasteiger partial charge >= 0.3 is 0 Å². The maximum Gasteiger partial charge on any atom is 0.0886 e. The monoisotopic (exact) mass is 306 g/mol. The smallest absolute Gasteiger partial charge is 0.0886 e. The van der Waals surface area contributed by atoms with Gasteiger partial charge in [-0.3, -0.25) is 9.97 Å². The fourth-order valence-electron chi connectivity index (χ4n) is 2.04. The average molecular weight is 307 g/mol. The Balaban J connectivity index is 1.76. The van der Waals surface area contributed by atoms with Crippen molar-refractivity contribution in [3.63, 3.8) is 0 Å². The van der Waals surface area contributed by atoms with E-state index in [1.807, 2.05) is 80.0 Å². The fourth-order valence-corrected chi connectivity index (χ4v) is 2.17. The van der Waals surface area contributed by atoms with Crippen molar-refractivity contribution in [2.24, 2.45) is 0 Å². The second-order valence-corrected chi connectivity index (χ2v) is 5.52. The second-order valence-electron chi connectivity index (χ2n) is 5.08. The molecule has 0 atom stereocenters. The van der Waals surface area contributed by atoms with Crippen molar-refractivity contribution >= 4 is 23.8 Å². The molecule has 108 valence electrons. The van der Waals surface area contributed by atoms with E-state index in [9.17, 15) is 0 Å². The molecule has 0 saturated heterocycles. The Morgan fingerprint density at radius 3 is 1.91 bits per heavy atom. The molecule has 0 radical (unpaired) electrons. The highest BCUT2D eigenvalue weighted by atomic mass is 35.5. The molecule has 0 aliphatic heterocycles. The van der Waals surface area contributed by atoms with Gasteiger partial charge in [-0.2, -0.15) is 0 Å². The van der Waals surface area contributed by atoms with Crippen molar-refractivity contribution in [3.05, 3.63) is 82.6 Å². The van der Waals surface area contributed by atoms with E-state index < -0.39 is 0 Å². The van der Waals surface area contributed by atoms with Crippen LogP contribution in [0.4, 0.5) is 0 Å². The molecule has 2 aromatic heterocycles. The normalized spacial score (nSPS) is 11.0. The topological polar surface area (TPSA) is 25.8 Å². The standard InChI is InChI=1S/C19H15ClN2/c1-14-2-10-18(21-12-14)19-11-7-16(13-22-19)4-3-15-5-8-17(20)9-6-15/h2-13H,1H3/b4-3+. The fraction of sp³-hybridized carbons (Fsp3) is 0.0526. The molecule has 22 heavy (non-hydrogen) atoms. The van der Waals surface area contributed by atoms with Crippen molar-refractivity contribution in [2.45, 2.75) is 6.92 Å². The van der Waals surface area contributed by atoms with Gasteiger partial charge in [-0.25, -0.2) is 0 Å². The molecule has 0 N–H and O–H groups in total. The number of aromatic nitrogens is 2. The summed E-state index contributed by atoms with van der Waals surface area (Å²) >= 11 is 5.87. The molecule has 0 spiro atoms. The lowest BCUT2D eigenvalue weighted by Gasteiger charge is -2.01. The van der Waals surface area contributed by atoms with Gasteiger partial charge in [-0.1, -0.05) is 48.0 Å². The van der Waals surface area contributed by atoms with Crippen LogP contribution < -0.4 is 0 Å². The van der Waals surface area contributed by atoms with Crippen molar-refractivity contribution in [1.82, 2.24) is 9.97 Å². The van der Waals surface area contributed by atoms with Crippen LogP contribution in [0.3, 0.4) is 0 Å². The van der Waals surface area contributed by atoms with Crippen LogP contribution in [-0.4, -0.2) is 9.97 Å². The highest BCUT2D eigenvalue weighted by molar-refractivity contribution is 6.30. The van der Waals surface area contributed by atoms with Crippen LogP contribution in [0.2, 0.25) is 5.02 Å². The molecule has 0 amide bonds. The van der Waals surface area contributed by atoms with Gasteiger partial charge in [-0.15, -0.1) is 0 Å². The van der Waals surface area contributed by atoms with Gasteiger partial charge in [-0.05, 0) is 47.9 Å². The van der Waals surface area contributed by atoms with E-state index >= 15 is 0 Å². The molecule has 2 nitrogen and oxygen atoms in total. The summed E-state index contributed by atoms with van der Waals surface area (Å²) in [4.78, 5) is 8.86. The average Bonchev–Trinajstić information content (AvgIpc) is 2.56. The number of rotatable bonds is 3. The van der Waals surface area contributed by atoms with E-state index in [1.165, 1.54) is 0 Å². The van der Waals surface area contributed by atoms with E-state index in [-0.39, 0.29) is 0 Å². The number of pyridine rings is 2. The van der Waals surface area contributed by atoms with Gasteiger partial charge in [0.2, 0.25) is 0 Å². The third kappa shape index (κ3) is 3.60. The lowest BCUT2D eigenvalue weighted by molar-refractivity contribution is 1.22. The van der Waals surface area contributed by atoms with Crippen molar-refractivity contribution < 1.29 is 0 Å². The van der Waals surface area contributed by atoms with E-state index in [2.05, 4.69) is 9.97 Å². The van der Waals surface area contributed by atoms with Gasteiger partial charge < -0.3 is 0 Å². The summed E-state index contributed by atoms with van der Waals surface area (Å²) in [5.41, 5.74) is 5.06. The summed E-state index contributed by atoms with van der Waals surface area (Å²) in [5.74, 6) is 0. The Kier molecular flexibility index (Phi) is 4.31. The van der Waals surface area contributed by atoms with E-state index in [1.54, 1.807) is 0 Å². The zero-order chi connectivity index (χ0) is 15.4. The largest absolute Gasteiger partial charge is 0.254 e. The number of nitrogens with zero attached hydrogens (tertiary/aromatic N) is 2. The quantitative estimate of drug-likeness (QED) is 0.658. The summed E-state index contributed by atoms with van der Waals surface area (Å²) in [6, 6.07) is 15.8. The number of hydrogen-bond donors (Lipinski definition) is 0. The molecule has 2 heterocycles. The van der Waals surface area contributed by atoms with Crippen LogP contribution in [0, 0.1) is 6.92 Å². The van der Waals surface area contributed by atoms with Crippen LogP contribution in [0.1, 0.15) is 16.7 Å². The molecule has 0 bridgehead atoms. The number of hydrogen-bond acceptors (Lipinski definition) is 2. The number of halogens is 1. The Bertz CT molecular complexity index is 773. The third-order valence-corrected chi connectivity index (χ3v) is 3.55. The molecule has 0 fully saturated rings. The summed E-state index contributed by atoms with van der Waals surface area (Å²) in [7, 11) is 0. The third-order valence-electron chi connectivity index (χ3n) is 3.30. The van der Waals surface area contributed by atoms with Crippen LogP contribution in [0.25, 0.3) is 23.5 Å². The van der Waals surface area contributed by atoms with Crippen molar-refractivity contribution in [2.75, 3.05) is 0 Å². The molecule has 0 aliphatic rings. The van der Waals surface area contributed by atoms with Gasteiger partial charge in [0.25, 0.3) is 0 Å². The molecule has 0 unspecified atom stereocenters. The van der Waals surface area contributed by atoms with Gasteiger partial charge in [0.05, 0.1) is 11.4 Å². The van der Waals surface area contributed by atoms with Gasteiger partial charge in [0.15, 0.2) is 0 Å².